The van der Waals surface area contributed by atoms with Crippen molar-refractivity contribution in [3.8, 4) is 0 Å². The van der Waals surface area contributed by atoms with Gasteiger partial charge in [-0.05, 0) is 36.6 Å². The number of carbonyl (C=O) groups is 2. The van der Waals surface area contributed by atoms with Crippen molar-refractivity contribution in [1.29, 1.82) is 0 Å². The maximum Gasteiger partial charge on any atom is 0.326 e. The molecule has 116 valence electrons. The molecule has 1 atom stereocenters. The molecule has 0 aliphatic heterocycles. The quantitative estimate of drug-likeness (QED) is 0.689. The van der Waals surface area contributed by atoms with Crippen molar-refractivity contribution in [3.05, 3.63) is 28.2 Å². The highest BCUT2D eigenvalue weighted by Crippen LogP contribution is 2.29. The number of benzene rings is 1. The number of hydrogen-bond donors (Lipinski definition) is 2. The first-order chi connectivity index (χ1) is 9.93. The highest BCUT2D eigenvalue weighted by atomic mass is 35.5. The third-order valence-electron chi connectivity index (χ3n) is 2.50. The molecule has 21 heavy (non-hydrogen) atoms. The molecule has 1 aromatic carbocycles. The molecule has 0 saturated heterocycles. The Morgan fingerprint density at radius 2 is 2.10 bits per heavy atom. The van der Waals surface area contributed by atoms with Gasteiger partial charge in [-0.3, -0.25) is 4.79 Å². The van der Waals surface area contributed by atoms with E-state index >= 15 is 0 Å². The summed E-state index contributed by atoms with van der Waals surface area (Å²) in [5.41, 5.74) is 0. The van der Waals surface area contributed by atoms with Crippen LogP contribution in [0.3, 0.4) is 0 Å². The van der Waals surface area contributed by atoms with Crippen LogP contribution in [0.25, 0.3) is 0 Å². The third kappa shape index (κ3) is 6.82. The molecule has 1 amide bonds. The summed E-state index contributed by atoms with van der Waals surface area (Å²) in [5.74, 6) is -0.610. The number of amides is 1. The zero-order valence-electron chi connectivity index (χ0n) is 11.3. The van der Waals surface area contributed by atoms with Crippen LogP contribution in [0.1, 0.15) is 6.42 Å². The fourth-order valence-electron chi connectivity index (χ4n) is 1.46. The monoisotopic (exact) mass is 367 g/mol. The van der Waals surface area contributed by atoms with E-state index in [0.29, 0.717) is 27.1 Å². The number of carboxylic acids is 1. The Morgan fingerprint density at radius 3 is 2.71 bits per heavy atom. The molecule has 0 spiro atoms. The molecular weight excluding hydrogens is 353 g/mol. The van der Waals surface area contributed by atoms with E-state index in [1.54, 1.807) is 18.2 Å². The van der Waals surface area contributed by atoms with Crippen molar-refractivity contribution < 1.29 is 14.7 Å². The van der Waals surface area contributed by atoms with Crippen LogP contribution in [-0.4, -0.2) is 40.8 Å². The minimum Gasteiger partial charge on any atom is -0.480 e. The lowest BCUT2D eigenvalue weighted by atomic mass is 10.2. The Balaban J connectivity index is 2.52. The van der Waals surface area contributed by atoms with Gasteiger partial charge in [0.2, 0.25) is 5.91 Å². The second-order valence-corrected chi connectivity index (χ2v) is 6.95. The van der Waals surface area contributed by atoms with E-state index in [0.717, 1.165) is 0 Å². The largest absolute Gasteiger partial charge is 0.480 e. The van der Waals surface area contributed by atoms with Crippen molar-refractivity contribution in [2.24, 2.45) is 0 Å². The van der Waals surface area contributed by atoms with E-state index in [1.807, 2.05) is 6.26 Å². The first-order valence-electron chi connectivity index (χ1n) is 6.03. The molecule has 0 aliphatic rings. The van der Waals surface area contributed by atoms with E-state index in [9.17, 15) is 9.59 Å². The highest BCUT2D eigenvalue weighted by molar-refractivity contribution is 8.00. The van der Waals surface area contributed by atoms with Gasteiger partial charge >= 0.3 is 5.97 Å². The summed E-state index contributed by atoms with van der Waals surface area (Å²) in [4.78, 5) is 23.5. The summed E-state index contributed by atoms with van der Waals surface area (Å²) in [5, 5.41) is 12.6. The van der Waals surface area contributed by atoms with E-state index in [2.05, 4.69) is 5.32 Å². The zero-order chi connectivity index (χ0) is 15.8. The van der Waals surface area contributed by atoms with E-state index in [4.69, 9.17) is 28.3 Å². The van der Waals surface area contributed by atoms with Gasteiger partial charge in [0, 0.05) is 9.92 Å². The number of aliphatic carboxylic acids is 1. The topological polar surface area (TPSA) is 66.4 Å². The third-order valence-corrected chi connectivity index (χ3v) is 4.87. The number of carbonyl (C=O) groups excluding carboxylic acids is 1. The predicted molar refractivity (Wildman–Crippen MR) is 89.8 cm³/mol. The van der Waals surface area contributed by atoms with Crippen molar-refractivity contribution in [1.82, 2.24) is 5.32 Å². The normalized spacial score (nSPS) is 12.0. The van der Waals surface area contributed by atoms with Crippen LogP contribution in [0.15, 0.2) is 23.1 Å². The van der Waals surface area contributed by atoms with Crippen molar-refractivity contribution in [2.45, 2.75) is 17.4 Å². The second-order valence-electron chi connectivity index (χ2n) is 4.10. The van der Waals surface area contributed by atoms with Crippen molar-refractivity contribution in [3.63, 3.8) is 0 Å². The van der Waals surface area contributed by atoms with Crippen LogP contribution in [0.4, 0.5) is 0 Å². The van der Waals surface area contributed by atoms with Gasteiger partial charge in [-0.2, -0.15) is 11.8 Å². The van der Waals surface area contributed by atoms with E-state index < -0.39 is 12.0 Å². The summed E-state index contributed by atoms with van der Waals surface area (Å²) >= 11 is 14.6. The van der Waals surface area contributed by atoms with Gasteiger partial charge in [0.25, 0.3) is 0 Å². The number of carboxylic acid groups (broad SMARTS) is 1. The Kier molecular flexibility index (Phi) is 8.33. The smallest absolute Gasteiger partial charge is 0.326 e. The zero-order valence-corrected chi connectivity index (χ0v) is 14.4. The Bertz CT molecular complexity index is 514. The van der Waals surface area contributed by atoms with E-state index in [1.165, 1.54) is 23.5 Å². The number of rotatable bonds is 8. The van der Waals surface area contributed by atoms with Gasteiger partial charge in [0.05, 0.1) is 10.8 Å². The molecule has 0 aromatic heterocycles. The van der Waals surface area contributed by atoms with Gasteiger partial charge in [-0.1, -0.05) is 23.2 Å². The molecule has 2 N–H and O–H groups in total. The highest BCUT2D eigenvalue weighted by Gasteiger charge is 2.19. The summed E-state index contributed by atoms with van der Waals surface area (Å²) in [6.45, 7) is 0. The number of halogens is 2. The molecule has 1 rings (SSSR count). The molecule has 0 aliphatic carbocycles. The van der Waals surface area contributed by atoms with Crippen LogP contribution in [0.2, 0.25) is 10.0 Å². The van der Waals surface area contributed by atoms with Crippen molar-refractivity contribution in [2.75, 3.05) is 17.8 Å². The first kappa shape index (κ1) is 18.5. The minimum atomic E-state index is -1.02. The van der Waals surface area contributed by atoms with Crippen molar-refractivity contribution >= 4 is 58.6 Å². The summed E-state index contributed by atoms with van der Waals surface area (Å²) < 4.78 is 0. The van der Waals surface area contributed by atoms with Gasteiger partial charge in [-0.25, -0.2) is 4.79 Å². The lowest BCUT2D eigenvalue weighted by Gasteiger charge is -2.14. The summed E-state index contributed by atoms with van der Waals surface area (Å²) in [6, 6.07) is 4.13. The lowest BCUT2D eigenvalue weighted by molar-refractivity contribution is -0.141. The molecule has 0 saturated carbocycles. The van der Waals surface area contributed by atoms with Crippen LogP contribution in [0, 0.1) is 0 Å². The molecule has 1 aromatic rings. The molecule has 8 heteroatoms. The van der Waals surface area contributed by atoms with Crippen LogP contribution in [0.5, 0.6) is 0 Å². The van der Waals surface area contributed by atoms with Crippen LogP contribution in [-0.2, 0) is 9.59 Å². The van der Waals surface area contributed by atoms with Gasteiger partial charge in [-0.15, -0.1) is 11.8 Å². The van der Waals surface area contributed by atoms with Gasteiger partial charge < -0.3 is 10.4 Å². The maximum atomic E-state index is 11.8. The van der Waals surface area contributed by atoms with Crippen LogP contribution < -0.4 is 5.32 Å². The lowest BCUT2D eigenvalue weighted by Crippen LogP contribution is -2.42. The second kappa shape index (κ2) is 9.46. The fraction of sp³-hybridized carbons (Fsp3) is 0.385. The SMILES string of the molecule is CSCCC(NC(=O)CSc1cc(Cl)ccc1Cl)C(=O)O. The average molecular weight is 368 g/mol. The van der Waals surface area contributed by atoms with Gasteiger partial charge in [0.1, 0.15) is 6.04 Å². The molecule has 4 nitrogen and oxygen atoms in total. The average Bonchev–Trinajstić information content (AvgIpc) is 2.44. The molecular formula is C13H15Cl2NO3S2. The van der Waals surface area contributed by atoms with Crippen LogP contribution >= 0.6 is 46.7 Å². The Hall–Kier alpha value is -0.560. The summed E-state index contributed by atoms with van der Waals surface area (Å²) in [7, 11) is 0. The summed E-state index contributed by atoms with van der Waals surface area (Å²) in [6.07, 6.45) is 2.28. The first-order valence-corrected chi connectivity index (χ1v) is 9.16. The Labute approximate surface area is 142 Å². The minimum absolute atomic E-state index is 0.0864. The Morgan fingerprint density at radius 1 is 1.38 bits per heavy atom. The number of thioether (sulfide) groups is 2. The molecule has 0 radical (unpaired) electrons. The fourth-order valence-corrected chi connectivity index (χ4v) is 3.24. The standard InChI is InChI=1S/C13H15Cl2NO3S2/c1-20-5-4-10(13(18)19)16-12(17)7-21-11-6-8(14)2-3-9(11)15/h2-3,6,10H,4-5,7H2,1H3,(H,16,17)(H,18,19). The molecule has 0 fully saturated rings. The molecule has 0 heterocycles. The predicted octanol–water partition coefficient (Wildman–Crippen LogP) is 3.41. The molecule has 1 unspecified atom stereocenters. The maximum absolute atomic E-state index is 11.8. The number of nitrogens with one attached hydrogen (secondary N) is 1. The van der Waals surface area contributed by atoms with Gasteiger partial charge in [0.15, 0.2) is 0 Å². The molecule has 0 bridgehead atoms. The number of hydrogen-bond acceptors (Lipinski definition) is 4. The van der Waals surface area contributed by atoms with E-state index in [-0.39, 0.29) is 11.7 Å².